The molecule has 3 aromatic rings. The molecule has 0 aromatic heterocycles. The zero-order chi connectivity index (χ0) is 22.8. The normalized spacial score (nSPS) is 12.8. The van der Waals surface area contributed by atoms with Crippen molar-refractivity contribution >= 4 is 41.4 Å². The Morgan fingerprint density at radius 2 is 1.52 bits per heavy atom. The van der Waals surface area contributed by atoms with E-state index in [4.69, 9.17) is 5.73 Å². The lowest BCUT2D eigenvalue weighted by Crippen LogP contribution is -2.44. The highest BCUT2D eigenvalue weighted by molar-refractivity contribution is 6.87. The van der Waals surface area contributed by atoms with Crippen molar-refractivity contribution in [1.29, 1.82) is 0 Å². The number of carbonyl (C=O) groups is 2. The Labute approximate surface area is 185 Å². The van der Waals surface area contributed by atoms with Crippen LogP contribution in [-0.2, 0) is 4.79 Å². The summed E-state index contributed by atoms with van der Waals surface area (Å²) >= 11 is 0. The first-order chi connectivity index (χ1) is 14.5. The van der Waals surface area contributed by atoms with Gasteiger partial charge in [-0.15, -0.1) is 11.5 Å². The molecule has 1 atom stereocenters. The smallest absolute Gasteiger partial charge is 0.253 e. The Bertz CT molecular complexity index is 1160. The van der Waals surface area contributed by atoms with E-state index in [1.54, 1.807) is 0 Å². The summed E-state index contributed by atoms with van der Waals surface area (Å²) in [5.74, 6) is 2.25. The molecule has 160 valence electrons. The topological polar surface area (TPSA) is 72.2 Å². The third-order valence-corrected chi connectivity index (χ3v) is 10.8. The minimum Gasteiger partial charge on any atom is -0.368 e. The van der Waals surface area contributed by atoms with Gasteiger partial charge in [0.15, 0.2) is 0 Å². The maximum absolute atomic E-state index is 13.3. The first kappa shape index (κ1) is 22.6. The molecule has 2 amide bonds. The number of amides is 2. The van der Waals surface area contributed by atoms with Gasteiger partial charge in [0.05, 0.1) is 5.56 Å². The quantitative estimate of drug-likeness (QED) is 0.347. The van der Waals surface area contributed by atoms with Crippen molar-refractivity contribution in [3.8, 4) is 11.5 Å². The van der Waals surface area contributed by atoms with Crippen LogP contribution in [0.4, 0.5) is 0 Å². The van der Waals surface area contributed by atoms with E-state index in [0.29, 0.717) is 5.56 Å². The lowest BCUT2D eigenvalue weighted by Gasteiger charge is -2.31. The Morgan fingerprint density at radius 3 is 2.00 bits per heavy atom. The van der Waals surface area contributed by atoms with Gasteiger partial charge in [0.25, 0.3) is 5.91 Å². The molecule has 31 heavy (non-hydrogen) atoms. The predicted octanol–water partition coefficient (Wildman–Crippen LogP) is 5.02. The monoisotopic (exact) mass is 430 g/mol. The predicted molar refractivity (Wildman–Crippen MR) is 131 cm³/mol. The number of rotatable bonds is 4. The molecular formula is C26H30N2O2Si. The Kier molecular flexibility index (Phi) is 6.24. The number of hydrogen-bond donors (Lipinski definition) is 2. The molecule has 0 unspecified atom stereocenters. The van der Waals surface area contributed by atoms with E-state index in [9.17, 15) is 9.59 Å². The van der Waals surface area contributed by atoms with E-state index in [1.807, 2.05) is 48.5 Å². The van der Waals surface area contributed by atoms with E-state index >= 15 is 0 Å². The van der Waals surface area contributed by atoms with Crippen molar-refractivity contribution in [3.63, 3.8) is 0 Å². The number of nitrogens with two attached hydrogens (primary N) is 1. The Morgan fingerprint density at radius 1 is 1.00 bits per heavy atom. The molecule has 4 nitrogen and oxygen atoms in total. The van der Waals surface area contributed by atoms with Crippen LogP contribution < -0.4 is 11.1 Å². The number of nitrogens with one attached hydrogen (secondary N) is 1. The van der Waals surface area contributed by atoms with Crippen LogP contribution in [0.2, 0.25) is 18.1 Å². The van der Waals surface area contributed by atoms with E-state index < -0.39 is 20.0 Å². The molecule has 0 radical (unpaired) electrons. The number of carbonyl (C=O) groups excluding carboxylic acids is 2. The number of benzene rings is 3. The minimum atomic E-state index is -1.81. The highest BCUT2D eigenvalue weighted by Gasteiger charge is 2.33. The van der Waals surface area contributed by atoms with Crippen LogP contribution in [0, 0.1) is 11.5 Å². The fourth-order valence-electron chi connectivity index (χ4n) is 3.27. The van der Waals surface area contributed by atoms with E-state index in [-0.39, 0.29) is 17.4 Å². The third kappa shape index (κ3) is 4.81. The molecule has 0 aliphatic heterocycles. The molecule has 3 N–H and O–H groups in total. The van der Waals surface area contributed by atoms with Gasteiger partial charge in [-0.05, 0) is 32.6 Å². The van der Waals surface area contributed by atoms with E-state index in [2.05, 4.69) is 56.7 Å². The first-order valence-corrected chi connectivity index (χ1v) is 13.5. The van der Waals surface area contributed by atoms with E-state index in [0.717, 1.165) is 21.5 Å². The number of fused-ring (bicyclic) bond motifs is 2. The van der Waals surface area contributed by atoms with Crippen molar-refractivity contribution in [1.82, 2.24) is 5.32 Å². The minimum absolute atomic E-state index is 0.118. The number of primary amides is 1. The summed E-state index contributed by atoms with van der Waals surface area (Å²) in [6.45, 7) is 11.0. The van der Waals surface area contributed by atoms with Gasteiger partial charge in [-0.2, -0.15) is 0 Å². The number of hydrogen-bond acceptors (Lipinski definition) is 2. The van der Waals surface area contributed by atoms with Crippen LogP contribution in [0.25, 0.3) is 21.5 Å². The Balaban J connectivity index is 1.95. The molecule has 0 spiro atoms. The van der Waals surface area contributed by atoms with Crippen LogP contribution in [0.5, 0.6) is 0 Å². The maximum atomic E-state index is 13.3. The summed E-state index contributed by atoms with van der Waals surface area (Å²) in [5.41, 5.74) is 9.55. The lowest BCUT2D eigenvalue weighted by atomic mass is 9.96. The fraction of sp³-hybridized carbons (Fsp3) is 0.308. The van der Waals surface area contributed by atoms with E-state index in [1.165, 1.54) is 0 Å². The summed E-state index contributed by atoms with van der Waals surface area (Å²) in [5, 5.41) is 6.59. The van der Waals surface area contributed by atoms with Gasteiger partial charge in [-0.1, -0.05) is 82.4 Å². The molecule has 0 fully saturated rings. The van der Waals surface area contributed by atoms with Gasteiger partial charge >= 0.3 is 0 Å². The molecule has 5 heteroatoms. The van der Waals surface area contributed by atoms with Gasteiger partial charge in [0.1, 0.15) is 14.1 Å². The van der Waals surface area contributed by atoms with Crippen LogP contribution >= 0.6 is 0 Å². The second-order valence-corrected chi connectivity index (χ2v) is 14.5. The van der Waals surface area contributed by atoms with Crippen molar-refractivity contribution in [2.75, 3.05) is 0 Å². The van der Waals surface area contributed by atoms with Gasteiger partial charge in [0.2, 0.25) is 5.91 Å². The molecule has 0 bridgehead atoms. The maximum Gasteiger partial charge on any atom is 0.253 e. The second-order valence-electron chi connectivity index (χ2n) is 9.50. The molecule has 0 aliphatic carbocycles. The van der Waals surface area contributed by atoms with Crippen LogP contribution in [0.1, 0.15) is 37.6 Å². The Hall–Kier alpha value is -3.10. The average molecular weight is 431 g/mol. The van der Waals surface area contributed by atoms with Crippen LogP contribution in [-0.4, -0.2) is 25.9 Å². The van der Waals surface area contributed by atoms with Crippen molar-refractivity contribution in [2.45, 2.75) is 51.4 Å². The van der Waals surface area contributed by atoms with Gasteiger partial charge in [0, 0.05) is 6.42 Å². The molecule has 0 heterocycles. The van der Waals surface area contributed by atoms with Crippen molar-refractivity contribution in [2.24, 2.45) is 5.73 Å². The molecule has 0 saturated carbocycles. The summed E-state index contributed by atoms with van der Waals surface area (Å²) < 4.78 is 0. The third-order valence-electron chi connectivity index (χ3n) is 6.23. The van der Waals surface area contributed by atoms with Gasteiger partial charge < -0.3 is 11.1 Å². The molecular weight excluding hydrogens is 400 g/mol. The van der Waals surface area contributed by atoms with Crippen LogP contribution in [0.3, 0.4) is 0 Å². The highest BCUT2D eigenvalue weighted by atomic mass is 28.3. The SMILES string of the molecule is CC(C)(C)[Si](C)(C)C#CC[C@@H](NC(=O)c1c2ccccc2cc2ccccc12)C(N)=O. The molecule has 0 aliphatic rings. The summed E-state index contributed by atoms with van der Waals surface area (Å²) in [6.07, 6.45) is 0.205. The van der Waals surface area contributed by atoms with Crippen molar-refractivity contribution in [3.05, 3.63) is 60.2 Å². The fourth-order valence-corrected chi connectivity index (χ4v) is 4.19. The van der Waals surface area contributed by atoms with Crippen molar-refractivity contribution < 1.29 is 9.59 Å². The van der Waals surface area contributed by atoms with Crippen LogP contribution in [0.15, 0.2) is 54.6 Å². The standard InChI is InChI=1S/C26H30N2O2Si/c1-26(2,3)31(4,5)16-10-15-22(24(27)29)28-25(30)23-20-13-8-6-11-18(20)17-19-12-7-9-14-21(19)23/h6-9,11-14,17,22H,15H2,1-5H3,(H2,27,29)(H,28,30)/t22-/m1/s1. The largest absolute Gasteiger partial charge is 0.368 e. The first-order valence-electron chi connectivity index (χ1n) is 10.5. The van der Waals surface area contributed by atoms with Gasteiger partial charge in [-0.3, -0.25) is 9.59 Å². The average Bonchev–Trinajstić information content (AvgIpc) is 2.70. The second kappa shape index (κ2) is 8.56. The lowest BCUT2D eigenvalue weighted by molar-refractivity contribution is -0.119. The summed E-state index contributed by atoms with van der Waals surface area (Å²) in [6, 6.07) is 16.7. The molecule has 3 rings (SSSR count). The summed E-state index contributed by atoms with van der Waals surface area (Å²) in [4.78, 5) is 25.4. The molecule has 0 saturated heterocycles. The highest BCUT2D eigenvalue weighted by Crippen LogP contribution is 2.35. The van der Waals surface area contributed by atoms with Gasteiger partial charge in [-0.25, -0.2) is 0 Å². The zero-order valence-corrected chi connectivity index (χ0v) is 19.9. The summed E-state index contributed by atoms with van der Waals surface area (Å²) in [7, 11) is -1.81. The zero-order valence-electron chi connectivity index (χ0n) is 18.9. The molecule has 3 aromatic carbocycles.